The number of halogens is 1. The minimum absolute atomic E-state index is 0.190. The molecule has 0 fully saturated rings. The molecule has 0 spiro atoms. The van der Waals surface area contributed by atoms with E-state index in [2.05, 4.69) is 18.5 Å². The summed E-state index contributed by atoms with van der Waals surface area (Å²) in [5.74, 6) is -0.549. The number of hydrogen-bond acceptors (Lipinski definition) is 2. The summed E-state index contributed by atoms with van der Waals surface area (Å²) in [6.45, 7) is 9.68. The maximum atomic E-state index is 12.3. The lowest BCUT2D eigenvalue weighted by Gasteiger charge is -2.23. The molecule has 1 rings (SSSR count). The average Bonchev–Trinajstić information content (AvgIpc) is 2.53. The van der Waals surface area contributed by atoms with Gasteiger partial charge in [-0.15, -0.1) is 13.2 Å². The molecule has 1 aromatic rings. The molecule has 0 aliphatic carbocycles. The van der Waals surface area contributed by atoms with Crippen LogP contribution in [0.1, 0.15) is 12.5 Å². The van der Waals surface area contributed by atoms with Crippen molar-refractivity contribution in [2.45, 2.75) is 13.0 Å². The van der Waals surface area contributed by atoms with Crippen molar-refractivity contribution in [2.24, 2.45) is 0 Å². The van der Waals surface area contributed by atoms with Crippen LogP contribution in [-0.2, 0) is 9.59 Å². The van der Waals surface area contributed by atoms with Crippen molar-refractivity contribution in [2.75, 3.05) is 13.1 Å². The highest BCUT2D eigenvalue weighted by molar-refractivity contribution is 6.32. The van der Waals surface area contributed by atoms with Crippen LogP contribution in [0.15, 0.2) is 55.7 Å². The van der Waals surface area contributed by atoms with Gasteiger partial charge in [-0.1, -0.05) is 42.0 Å². The first kappa shape index (κ1) is 18.7. The van der Waals surface area contributed by atoms with Gasteiger partial charge in [-0.3, -0.25) is 9.59 Å². The zero-order valence-electron chi connectivity index (χ0n) is 13.2. The third kappa shape index (κ3) is 6.12. The van der Waals surface area contributed by atoms with Crippen LogP contribution < -0.4 is 5.32 Å². The summed E-state index contributed by atoms with van der Waals surface area (Å²) in [5.41, 5.74) is 0.739. The second-order valence-electron chi connectivity index (χ2n) is 4.91. The lowest BCUT2D eigenvalue weighted by molar-refractivity contribution is -0.134. The summed E-state index contributed by atoms with van der Waals surface area (Å²) in [7, 11) is 0. The lowest BCUT2D eigenvalue weighted by atomic mass is 10.2. The molecule has 1 N–H and O–H groups in total. The molecule has 0 aliphatic heterocycles. The van der Waals surface area contributed by atoms with Gasteiger partial charge in [0.2, 0.25) is 11.8 Å². The number of nitrogens with zero attached hydrogens (tertiary/aromatic N) is 1. The first-order valence-corrected chi connectivity index (χ1v) is 7.61. The van der Waals surface area contributed by atoms with Crippen molar-refractivity contribution in [1.29, 1.82) is 0 Å². The van der Waals surface area contributed by atoms with Crippen LogP contribution >= 0.6 is 11.6 Å². The Labute approximate surface area is 142 Å². The molecule has 0 aliphatic rings. The number of hydrogen-bond donors (Lipinski definition) is 1. The van der Waals surface area contributed by atoms with Crippen molar-refractivity contribution in [3.05, 3.63) is 66.2 Å². The molecular formula is C18H21ClN2O2. The van der Waals surface area contributed by atoms with Crippen molar-refractivity contribution in [1.82, 2.24) is 10.2 Å². The molecule has 4 nitrogen and oxygen atoms in total. The van der Waals surface area contributed by atoms with E-state index in [-0.39, 0.29) is 11.8 Å². The molecule has 23 heavy (non-hydrogen) atoms. The van der Waals surface area contributed by atoms with Gasteiger partial charge in [0, 0.05) is 24.2 Å². The van der Waals surface area contributed by atoms with Gasteiger partial charge in [0.1, 0.15) is 6.04 Å². The molecule has 0 aromatic heterocycles. The fourth-order valence-corrected chi connectivity index (χ4v) is 2.14. The topological polar surface area (TPSA) is 49.4 Å². The molecule has 0 saturated heterocycles. The van der Waals surface area contributed by atoms with Gasteiger partial charge in [0.15, 0.2) is 0 Å². The summed E-state index contributed by atoms with van der Waals surface area (Å²) < 4.78 is 0. The summed E-state index contributed by atoms with van der Waals surface area (Å²) in [6.07, 6.45) is 6.23. The van der Waals surface area contributed by atoms with E-state index < -0.39 is 6.04 Å². The van der Waals surface area contributed by atoms with Gasteiger partial charge in [-0.05, 0) is 24.6 Å². The zero-order valence-corrected chi connectivity index (χ0v) is 13.9. The van der Waals surface area contributed by atoms with Crippen molar-refractivity contribution in [3.63, 3.8) is 0 Å². The highest BCUT2D eigenvalue weighted by atomic mass is 35.5. The van der Waals surface area contributed by atoms with E-state index in [4.69, 9.17) is 11.6 Å². The van der Waals surface area contributed by atoms with Crippen LogP contribution in [0.25, 0.3) is 6.08 Å². The zero-order chi connectivity index (χ0) is 17.2. The Morgan fingerprint density at radius 2 is 1.87 bits per heavy atom. The van der Waals surface area contributed by atoms with E-state index in [0.29, 0.717) is 18.1 Å². The molecule has 0 saturated carbocycles. The highest BCUT2D eigenvalue weighted by Crippen LogP contribution is 2.16. The van der Waals surface area contributed by atoms with E-state index in [0.717, 1.165) is 5.56 Å². The molecule has 5 heteroatoms. The van der Waals surface area contributed by atoms with E-state index >= 15 is 0 Å². The minimum atomic E-state index is -0.640. The Morgan fingerprint density at radius 1 is 1.26 bits per heavy atom. The van der Waals surface area contributed by atoms with Crippen LogP contribution in [0.5, 0.6) is 0 Å². The molecule has 2 amide bonds. The minimum Gasteiger partial charge on any atom is -0.341 e. The fourth-order valence-electron chi connectivity index (χ4n) is 1.94. The average molecular weight is 333 g/mol. The summed E-state index contributed by atoms with van der Waals surface area (Å²) >= 11 is 6.01. The number of carbonyl (C=O) groups is 2. The van der Waals surface area contributed by atoms with Crippen molar-refractivity contribution < 1.29 is 9.59 Å². The molecule has 0 radical (unpaired) electrons. The first-order chi connectivity index (χ1) is 11.0. The number of rotatable bonds is 8. The van der Waals surface area contributed by atoms with Gasteiger partial charge >= 0.3 is 0 Å². The van der Waals surface area contributed by atoms with Gasteiger partial charge in [-0.25, -0.2) is 0 Å². The normalized spacial score (nSPS) is 11.7. The fraction of sp³-hybridized carbons (Fsp3) is 0.222. The largest absolute Gasteiger partial charge is 0.341 e. The maximum Gasteiger partial charge on any atom is 0.245 e. The molecule has 122 valence electrons. The number of nitrogens with one attached hydrogen (secondary N) is 1. The number of amides is 2. The van der Waals surface area contributed by atoms with E-state index in [1.807, 2.05) is 12.1 Å². The second-order valence-corrected chi connectivity index (χ2v) is 5.31. The molecule has 0 bridgehead atoms. The van der Waals surface area contributed by atoms with Gasteiger partial charge in [-0.2, -0.15) is 0 Å². The SMILES string of the molecule is C=CCN(CC=C)C(=O)C(C)NC(=O)/C=C/c1ccccc1Cl. The maximum absolute atomic E-state index is 12.3. The van der Waals surface area contributed by atoms with E-state index in [1.54, 1.807) is 42.2 Å². The standard InChI is InChI=1S/C18H21ClN2O2/c1-4-12-21(13-5-2)18(23)14(3)20-17(22)11-10-15-8-6-7-9-16(15)19/h4-11,14H,1-2,12-13H2,3H3,(H,20,22)/b11-10+. The molecule has 0 heterocycles. The van der Waals surface area contributed by atoms with Gasteiger partial charge < -0.3 is 10.2 Å². The Hall–Kier alpha value is -2.33. The molecule has 1 unspecified atom stereocenters. The quantitative estimate of drug-likeness (QED) is 0.587. The second kappa shape index (κ2) is 9.64. The summed E-state index contributed by atoms with van der Waals surface area (Å²) in [5, 5.41) is 3.20. The van der Waals surface area contributed by atoms with Crippen LogP contribution in [0.2, 0.25) is 5.02 Å². The van der Waals surface area contributed by atoms with Crippen LogP contribution in [0.4, 0.5) is 0 Å². The molecular weight excluding hydrogens is 312 g/mol. The smallest absolute Gasteiger partial charge is 0.245 e. The summed E-state index contributed by atoms with van der Waals surface area (Å²) in [6, 6.07) is 6.55. The third-order valence-corrected chi connectivity index (χ3v) is 3.40. The predicted molar refractivity (Wildman–Crippen MR) is 95.1 cm³/mol. The Kier molecular flexibility index (Phi) is 7.84. The molecule has 1 atom stereocenters. The van der Waals surface area contributed by atoms with Crippen LogP contribution in [-0.4, -0.2) is 35.8 Å². The van der Waals surface area contributed by atoms with Crippen molar-refractivity contribution >= 4 is 29.5 Å². The molecule has 1 aromatic carbocycles. The van der Waals surface area contributed by atoms with E-state index in [1.165, 1.54) is 6.08 Å². The monoisotopic (exact) mass is 332 g/mol. The number of benzene rings is 1. The Bertz CT molecular complexity index is 601. The van der Waals surface area contributed by atoms with Gasteiger partial charge in [0.05, 0.1) is 0 Å². The van der Waals surface area contributed by atoms with E-state index in [9.17, 15) is 9.59 Å². The Morgan fingerprint density at radius 3 is 2.43 bits per heavy atom. The highest BCUT2D eigenvalue weighted by Gasteiger charge is 2.19. The lowest BCUT2D eigenvalue weighted by Crippen LogP contribution is -2.46. The Balaban J connectivity index is 2.65. The van der Waals surface area contributed by atoms with Gasteiger partial charge in [0.25, 0.3) is 0 Å². The van der Waals surface area contributed by atoms with Crippen LogP contribution in [0.3, 0.4) is 0 Å². The third-order valence-electron chi connectivity index (χ3n) is 3.06. The van der Waals surface area contributed by atoms with Crippen molar-refractivity contribution in [3.8, 4) is 0 Å². The first-order valence-electron chi connectivity index (χ1n) is 7.23. The summed E-state index contributed by atoms with van der Waals surface area (Å²) in [4.78, 5) is 25.7. The number of carbonyl (C=O) groups excluding carboxylic acids is 2. The van der Waals surface area contributed by atoms with Crippen LogP contribution in [0, 0.1) is 0 Å². The predicted octanol–water partition coefficient (Wildman–Crippen LogP) is 3.06.